The molecule has 8 heavy (non-hydrogen) atoms. The van der Waals surface area contributed by atoms with Crippen molar-refractivity contribution in [3.63, 3.8) is 0 Å². The van der Waals surface area contributed by atoms with E-state index in [1.54, 1.807) is 0 Å². The molecule has 2 fully saturated rings. The molecule has 1 aliphatic carbocycles. The lowest BCUT2D eigenvalue weighted by molar-refractivity contribution is 0.0953. The van der Waals surface area contributed by atoms with Gasteiger partial charge in [-0.25, -0.2) is 4.79 Å². The number of urea groups is 1. The van der Waals surface area contributed by atoms with Gasteiger partial charge in [0.05, 0.1) is 0 Å². The SMILES string of the molecule is O=C1NC2(CCC2)N1. The summed E-state index contributed by atoms with van der Waals surface area (Å²) in [7, 11) is 0. The second-order valence-corrected chi connectivity index (χ2v) is 2.51. The Bertz CT molecular complexity index is 129. The summed E-state index contributed by atoms with van der Waals surface area (Å²) in [5.74, 6) is 0. The number of carbonyl (C=O) groups is 1. The minimum Gasteiger partial charge on any atom is -0.315 e. The Morgan fingerprint density at radius 1 is 1.38 bits per heavy atom. The molecule has 2 N–H and O–H groups in total. The van der Waals surface area contributed by atoms with E-state index in [2.05, 4.69) is 10.6 Å². The third-order valence-corrected chi connectivity index (χ3v) is 1.91. The Labute approximate surface area is 47.4 Å². The van der Waals surface area contributed by atoms with E-state index in [1.165, 1.54) is 6.42 Å². The van der Waals surface area contributed by atoms with Gasteiger partial charge in [0.1, 0.15) is 5.66 Å². The lowest BCUT2D eigenvalue weighted by Gasteiger charge is -2.50. The molecule has 0 aromatic rings. The van der Waals surface area contributed by atoms with E-state index in [4.69, 9.17) is 0 Å². The average Bonchev–Trinajstić information content (AvgIpc) is 1.51. The molecule has 44 valence electrons. The number of hydrogen-bond donors (Lipinski definition) is 2. The highest BCUT2D eigenvalue weighted by Crippen LogP contribution is 2.32. The highest BCUT2D eigenvalue weighted by atomic mass is 16.2. The van der Waals surface area contributed by atoms with Crippen LogP contribution in [0.4, 0.5) is 4.79 Å². The molecule has 1 aliphatic heterocycles. The summed E-state index contributed by atoms with van der Waals surface area (Å²) >= 11 is 0. The number of amides is 2. The van der Waals surface area contributed by atoms with Crippen LogP contribution in [0.1, 0.15) is 19.3 Å². The smallest absolute Gasteiger partial charge is 0.315 e. The summed E-state index contributed by atoms with van der Waals surface area (Å²) in [4.78, 5) is 10.3. The first-order valence-electron chi connectivity index (χ1n) is 2.91. The second-order valence-electron chi connectivity index (χ2n) is 2.51. The van der Waals surface area contributed by atoms with E-state index in [9.17, 15) is 4.79 Å². The van der Waals surface area contributed by atoms with Crippen LogP contribution in [0.15, 0.2) is 0 Å². The standard InChI is InChI=1S/C5H8N2O/c8-4-6-5(7-4)2-1-3-5/h1-3H2,(H2,6,7,8). The van der Waals surface area contributed by atoms with E-state index in [0.717, 1.165) is 12.8 Å². The van der Waals surface area contributed by atoms with Crippen molar-refractivity contribution in [1.82, 2.24) is 10.6 Å². The first kappa shape index (κ1) is 4.18. The predicted molar refractivity (Wildman–Crippen MR) is 28.2 cm³/mol. The molecule has 0 aromatic carbocycles. The third-order valence-electron chi connectivity index (χ3n) is 1.91. The van der Waals surface area contributed by atoms with Crippen LogP contribution in [0, 0.1) is 0 Å². The van der Waals surface area contributed by atoms with Crippen LogP contribution >= 0.6 is 0 Å². The van der Waals surface area contributed by atoms with E-state index in [1.807, 2.05) is 0 Å². The van der Waals surface area contributed by atoms with Crippen molar-refractivity contribution in [2.75, 3.05) is 0 Å². The Hall–Kier alpha value is -0.730. The van der Waals surface area contributed by atoms with Crippen molar-refractivity contribution in [2.45, 2.75) is 24.9 Å². The van der Waals surface area contributed by atoms with Gasteiger partial charge in [0.15, 0.2) is 0 Å². The fourth-order valence-corrected chi connectivity index (χ4v) is 1.21. The van der Waals surface area contributed by atoms with Crippen LogP contribution in [0.2, 0.25) is 0 Å². The van der Waals surface area contributed by atoms with Crippen molar-refractivity contribution < 1.29 is 4.79 Å². The van der Waals surface area contributed by atoms with Gasteiger partial charge in [-0.3, -0.25) is 0 Å². The van der Waals surface area contributed by atoms with Gasteiger partial charge in [-0.1, -0.05) is 0 Å². The normalized spacial score (nSPS) is 29.8. The number of hydrogen-bond acceptors (Lipinski definition) is 1. The van der Waals surface area contributed by atoms with Gasteiger partial charge in [0.25, 0.3) is 0 Å². The molecule has 0 radical (unpaired) electrons. The molecule has 0 atom stereocenters. The zero-order chi connectivity index (χ0) is 5.61. The molecule has 3 heteroatoms. The minimum atomic E-state index is -0.00954. The van der Waals surface area contributed by atoms with Crippen LogP contribution in [0.5, 0.6) is 0 Å². The molecule has 1 spiro atoms. The lowest BCUT2D eigenvalue weighted by atomic mass is 9.82. The van der Waals surface area contributed by atoms with E-state index in [-0.39, 0.29) is 11.7 Å². The largest absolute Gasteiger partial charge is 0.318 e. The first-order valence-corrected chi connectivity index (χ1v) is 2.91. The van der Waals surface area contributed by atoms with Crippen molar-refractivity contribution in [3.8, 4) is 0 Å². The van der Waals surface area contributed by atoms with Crippen molar-refractivity contribution in [3.05, 3.63) is 0 Å². The molecular formula is C5H8N2O. The number of carbonyl (C=O) groups excluding carboxylic acids is 1. The molecule has 0 unspecified atom stereocenters. The highest BCUT2D eigenvalue weighted by Gasteiger charge is 2.46. The van der Waals surface area contributed by atoms with Gasteiger partial charge in [-0.15, -0.1) is 0 Å². The lowest BCUT2D eigenvalue weighted by Crippen LogP contribution is -2.77. The van der Waals surface area contributed by atoms with Gasteiger partial charge in [0, 0.05) is 0 Å². The minimum absolute atomic E-state index is 0.00954. The fourth-order valence-electron chi connectivity index (χ4n) is 1.21. The zero-order valence-electron chi connectivity index (χ0n) is 4.53. The molecular weight excluding hydrogens is 104 g/mol. The molecule has 0 bridgehead atoms. The maximum Gasteiger partial charge on any atom is 0.318 e. The molecule has 0 aromatic heterocycles. The van der Waals surface area contributed by atoms with E-state index >= 15 is 0 Å². The summed E-state index contributed by atoms with van der Waals surface area (Å²) in [6.45, 7) is 0. The van der Waals surface area contributed by atoms with Gasteiger partial charge in [-0.05, 0) is 19.3 Å². The quantitative estimate of drug-likeness (QED) is 0.461. The third kappa shape index (κ3) is 0.322. The Balaban J connectivity index is 2.01. The maximum absolute atomic E-state index is 10.3. The highest BCUT2D eigenvalue weighted by molar-refractivity contribution is 5.82. The van der Waals surface area contributed by atoms with Crippen LogP contribution in [-0.4, -0.2) is 11.7 Å². The van der Waals surface area contributed by atoms with Crippen LogP contribution < -0.4 is 10.6 Å². The Morgan fingerprint density at radius 3 is 2.12 bits per heavy atom. The Kier molecular flexibility index (Phi) is 0.517. The van der Waals surface area contributed by atoms with Crippen molar-refractivity contribution in [1.29, 1.82) is 0 Å². The van der Waals surface area contributed by atoms with Crippen LogP contribution in [-0.2, 0) is 0 Å². The molecule has 1 saturated carbocycles. The van der Waals surface area contributed by atoms with E-state index in [0.29, 0.717) is 0 Å². The van der Waals surface area contributed by atoms with Gasteiger partial charge in [-0.2, -0.15) is 0 Å². The van der Waals surface area contributed by atoms with Gasteiger partial charge in [0.2, 0.25) is 0 Å². The molecule has 1 saturated heterocycles. The molecule has 2 aliphatic rings. The molecule has 2 amide bonds. The average molecular weight is 112 g/mol. The van der Waals surface area contributed by atoms with Crippen LogP contribution in [0.3, 0.4) is 0 Å². The molecule has 3 nitrogen and oxygen atoms in total. The topological polar surface area (TPSA) is 41.1 Å². The predicted octanol–water partition coefficient (Wildman–Crippen LogP) is 0.179. The number of rotatable bonds is 0. The van der Waals surface area contributed by atoms with E-state index < -0.39 is 0 Å². The monoisotopic (exact) mass is 112 g/mol. The van der Waals surface area contributed by atoms with Crippen molar-refractivity contribution >= 4 is 6.03 Å². The van der Waals surface area contributed by atoms with Crippen LogP contribution in [0.25, 0.3) is 0 Å². The first-order chi connectivity index (χ1) is 3.81. The molecule has 1 heterocycles. The molecule has 2 rings (SSSR count). The summed E-state index contributed by atoms with van der Waals surface area (Å²) in [6.07, 6.45) is 3.46. The summed E-state index contributed by atoms with van der Waals surface area (Å²) in [5.41, 5.74) is 0.0666. The summed E-state index contributed by atoms with van der Waals surface area (Å²) < 4.78 is 0. The number of nitrogens with one attached hydrogen (secondary N) is 2. The fraction of sp³-hybridized carbons (Fsp3) is 0.800. The maximum atomic E-state index is 10.3. The summed E-state index contributed by atoms with van der Waals surface area (Å²) in [5, 5.41) is 5.61. The second kappa shape index (κ2) is 0.989. The van der Waals surface area contributed by atoms with Crippen molar-refractivity contribution in [2.24, 2.45) is 0 Å². The zero-order valence-corrected chi connectivity index (χ0v) is 4.53. The Morgan fingerprint density at radius 2 is 2.00 bits per heavy atom. The van der Waals surface area contributed by atoms with Gasteiger partial charge < -0.3 is 10.6 Å². The van der Waals surface area contributed by atoms with Gasteiger partial charge >= 0.3 is 6.03 Å². The summed E-state index contributed by atoms with van der Waals surface area (Å²) in [6, 6.07) is -0.00954.